The lowest BCUT2D eigenvalue weighted by Crippen LogP contribution is -2.45. The van der Waals surface area contributed by atoms with Gasteiger partial charge in [-0.25, -0.2) is 15.3 Å². The first kappa shape index (κ1) is 20.4. The van der Waals surface area contributed by atoms with Gasteiger partial charge in [0.2, 0.25) is 5.91 Å². The van der Waals surface area contributed by atoms with Crippen LogP contribution in [0, 0.1) is 5.92 Å². The zero-order chi connectivity index (χ0) is 22.1. The van der Waals surface area contributed by atoms with E-state index in [1.807, 2.05) is 72.6 Å². The van der Waals surface area contributed by atoms with Crippen molar-refractivity contribution in [3.05, 3.63) is 96.1 Å². The average Bonchev–Trinajstić information content (AvgIpc) is 3.32. The average molecular weight is 428 g/mol. The molecule has 2 amide bonds. The van der Waals surface area contributed by atoms with Crippen molar-refractivity contribution >= 4 is 17.5 Å². The van der Waals surface area contributed by atoms with Crippen molar-refractivity contribution in [1.82, 2.24) is 10.4 Å². The maximum absolute atomic E-state index is 13.6. The van der Waals surface area contributed by atoms with Gasteiger partial charge in [-0.1, -0.05) is 60.7 Å². The fourth-order valence-corrected chi connectivity index (χ4v) is 4.65. The Kier molecular flexibility index (Phi) is 5.47. The molecule has 0 bridgehead atoms. The molecule has 0 unspecified atom stereocenters. The number of nitrogens with one attached hydrogen (secondary N) is 1. The first-order chi connectivity index (χ1) is 15.7. The number of hydrogen-bond donors (Lipinski definition) is 1. The second kappa shape index (κ2) is 8.57. The fraction of sp³-hybridized carbons (Fsp3) is 0.231. The maximum Gasteiger partial charge on any atom is 0.253 e. The lowest BCUT2D eigenvalue weighted by molar-refractivity contribution is -0.124. The molecule has 0 saturated carbocycles. The quantitative estimate of drug-likeness (QED) is 0.608. The summed E-state index contributed by atoms with van der Waals surface area (Å²) in [5.74, 6) is -0.169. The van der Waals surface area contributed by atoms with Gasteiger partial charge in [-0.15, -0.1) is 0 Å². The van der Waals surface area contributed by atoms with Crippen LogP contribution in [-0.2, 0) is 16.1 Å². The Morgan fingerprint density at radius 1 is 0.844 bits per heavy atom. The lowest BCUT2D eigenvalue weighted by Gasteiger charge is -2.25. The Labute approximate surface area is 187 Å². The van der Waals surface area contributed by atoms with Gasteiger partial charge in [0.15, 0.2) is 0 Å². The second-order valence-corrected chi connectivity index (χ2v) is 8.04. The van der Waals surface area contributed by atoms with Gasteiger partial charge < -0.3 is 4.74 Å². The van der Waals surface area contributed by atoms with Gasteiger partial charge in [-0.2, -0.15) is 0 Å². The number of fused-ring (bicyclic) bond motifs is 1. The molecule has 3 atom stereocenters. The van der Waals surface area contributed by atoms with E-state index >= 15 is 0 Å². The number of ether oxygens (including phenoxy) is 1. The maximum atomic E-state index is 13.6. The highest BCUT2D eigenvalue weighted by molar-refractivity contribution is 6.24. The van der Waals surface area contributed by atoms with E-state index in [-0.39, 0.29) is 17.9 Å². The van der Waals surface area contributed by atoms with Crippen molar-refractivity contribution < 1.29 is 14.3 Å². The summed E-state index contributed by atoms with van der Waals surface area (Å²) in [4.78, 5) is 28.5. The molecule has 2 fully saturated rings. The van der Waals surface area contributed by atoms with Gasteiger partial charge in [0.1, 0.15) is 11.8 Å². The molecule has 0 radical (unpaired) electrons. The molecule has 32 heavy (non-hydrogen) atoms. The van der Waals surface area contributed by atoms with Crippen molar-refractivity contribution in [2.45, 2.75) is 25.6 Å². The third-order valence-electron chi connectivity index (χ3n) is 6.08. The minimum atomic E-state index is -0.570. The number of carbonyl (C=O) groups excluding carboxylic acids is 2. The molecule has 162 valence electrons. The Morgan fingerprint density at radius 3 is 2.16 bits per heavy atom. The van der Waals surface area contributed by atoms with Crippen LogP contribution in [0.4, 0.5) is 5.69 Å². The van der Waals surface area contributed by atoms with Crippen LogP contribution in [0.15, 0.2) is 84.9 Å². The van der Waals surface area contributed by atoms with Crippen molar-refractivity contribution in [2.24, 2.45) is 5.92 Å². The first-order valence-electron chi connectivity index (χ1n) is 10.9. The Balaban J connectivity index is 1.50. The van der Waals surface area contributed by atoms with Crippen LogP contribution < -0.4 is 15.1 Å². The van der Waals surface area contributed by atoms with Gasteiger partial charge in [0, 0.05) is 6.54 Å². The minimum Gasteiger partial charge on any atom is -0.494 e. The van der Waals surface area contributed by atoms with Gasteiger partial charge in [0.05, 0.1) is 24.3 Å². The van der Waals surface area contributed by atoms with Gasteiger partial charge in [-0.05, 0) is 42.3 Å². The van der Waals surface area contributed by atoms with E-state index < -0.39 is 12.0 Å². The van der Waals surface area contributed by atoms with E-state index in [0.29, 0.717) is 24.6 Å². The van der Waals surface area contributed by atoms with Gasteiger partial charge in [0.25, 0.3) is 5.91 Å². The second-order valence-electron chi connectivity index (χ2n) is 8.04. The number of amides is 2. The molecule has 3 aromatic carbocycles. The number of anilines is 1. The SMILES string of the molecule is CCOc1ccc(N2C(=O)[C@@H]3[C@@H](c4ccccc4)NN(Cc4ccccc4)[C@@H]3C2=O)cc1. The number of nitrogens with zero attached hydrogens (tertiary/aromatic N) is 2. The van der Waals surface area contributed by atoms with Crippen LogP contribution in [0.5, 0.6) is 5.75 Å². The molecular formula is C26H25N3O3. The molecule has 2 saturated heterocycles. The molecule has 0 spiro atoms. The van der Waals surface area contributed by atoms with Crippen molar-refractivity contribution in [3.8, 4) is 5.75 Å². The number of carbonyl (C=O) groups is 2. The molecule has 3 aromatic rings. The molecule has 1 N–H and O–H groups in total. The molecule has 2 heterocycles. The van der Waals surface area contributed by atoms with Gasteiger partial charge in [-0.3, -0.25) is 9.59 Å². The third-order valence-corrected chi connectivity index (χ3v) is 6.08. The first-order valence-corrected chi connectivity index (χ1v) is 10.9. The standard InChI is InChI=1S/C26H25N3O3/c1-2-32-21-15-13-20(14-16-21)29-25(30)22-23(19-11-7-4-8-12-19)27-28(24(22)26(29)31)17-18-9-5-3-6-10-18/h3-16,22-24,27H,2,17H2,1H3/t22-,23-,24+/m1/s1. The predicted molar refractivity (Wildman–Crippen MR) is 122 cm³/mol. The van der Waals surface area contributed by atoms with E-state index in [9.17, 15) is 9.59 Å². The fourth-order valence-electron chi connectivity index (χ4n) is 4.65. The summed E-state index contributed by atoms with van der Waals surface area (Å²) in [6.07, 6.45) is 0. The Bertz CT molecular complexity index is 1100. The summed E-state index contributed by atoms with van der Waals surface area (Å²) >= 11 is 0. The van der Waals surface area contributed by atoms with E-state index in [4.69, 9.17) is 4.74 Å². The van der Waals surface area contributed by atoms with Gasteiger partial charge >= 0.3 is 0 Å². The molecule has 2 aliphatic rings. The van der Waals surface area contributed by atoms with Crippen LogP contribution >= 0.6 is 0 Å². The van der Waals surface area contributed by atoms with E-state index in [0.717, 1.165) is 11.1 Å². The molecule has 5 rings (SSSR count). The minimum absolute atomic E-state index is 0.180. The Morgan fingerprint density at radius 2 is 1.50 bits per heavy atom. The Hall–Kier alpha value is -3.48. The summed E-state index contributed by atoms with van der Waals surface area (Å²) in [6, 6.07) is 26.1. The van der Waals surface area contributed by atoms with Crippen molar-refractivity contribution in [3.63, 3.8) is 0 Å². The number of imide groups is 1. The summed E-state index contributed by atoms with van der Waals surface area (Å²) in [5.41, 5.74) is 6.10. The largest absolute Gasteiger partial charge is 0.494 e. The number of rotatable bonds is 6. The van der Waals surface area contributed by atoms with E-state index in [2.05, 4.69) is 5.43 Å². The molecule has 0 aliphatic carbocycles. The zero-order valence-electron chi connectivity index (χ0n) is 17.8. The molecule has 6 nitrogen and oxygen atoms in total. The van der Waals surface area contributed by atoms with Crippen LogP contribution in [0.3, 0.4) is 0 Å². The predicted octanol–water partition coefficient (Wildman–Crippen LogP) is 3.71. The summed E-state index contributed by atoms with van der Waals surface area (Å²) in [6.45, 7) is 3.01. The zero-order valence-corrected chi connectivity index (χ0v) is 17.8. The topological polar surface area (TPSA) is 61.9 Å². The highest BCUT2D eigenvalue weighted by Crippen LogP contribution is 2.42. The molecular weight excluding hydrogens is 402 g/mol. The normalized spacial score (nSPS) is 22.9. The highest BCUT2D eigenvalue weighted by Gasteiger charge is 2.58. The summed E-state index contributed by atoms with van der Waals surface area (Å²) in [5, 5.41) is 1.92. The monoisotopic (exact) mass is 427 g/mol. The van der Waals surface area contributed by atoms with E-state index in [1.54, 1.807) is 24.3 Å². The molecule has 2 aliphatic heterocycles. The summed E-state index contributed by atoms with van der Waals surface area (Å²) < 4.78 is 5.50. The van der Waals surface area contributed by atoms with Crippen LogP contribution in [0.2, 0.25) is 0 Å². The van der Waals surface area contributed by atoms with Crippen LogP contribution in [-0.4, -0.2) is 29.5 Å². The molecule has 0 aromatic heterocycles. The van der Waals surface area contributed by atoms with Crippen LogP contribution in [0.25, 0.3) is 0 Å². The molecule has 6 heteroatoms. The van der Waals surface area contributed by atoms with Crippen molar-refractivity contribution in [1.29, 1.82) is 0 Å². The van der Waals surface area contributed by atoms with E-state index in [1.165, 1.54) is 4.90 Å². The highest BCUT2D eigenvalue weighted by atomic mass is 16.5. The number of hydrogen-bond acceptors (Lipinski definition) is 5. The summed E-state index contributed by atoms with van der Waals surface area (Å²) in [7, 11) is 0. The van der Waals surface area contributed by atoms with Crippen molar-refractivity contribution in [2.75, 3.05) is 11.5 Å². The number of hydrazine groups is 1. The lowest BCUT2D eigenvalue weighted by atomic mass is 9.91. The van der Waals surface area contributed by atoms with Crippen LogP contribution in [0.1, 0.15) is 24.1 Å². The smallest absolute Gasteiger partial charge is 0.253 e. The number of benzene rings is 3. The third kappa shape index (κ3) is 3.57.